The molecule has 0 N–H and O–H groups in total. The summed E-state index contributed by atoms with van der Waals surface area (Å²) in [7, 11) is -2.45. The first-order valence-corrected chi connectivity index (χ1v) is 6.46. The van der Waals surface area contributed by atoms with E-state index in [-0.39, 0.29) is 11.0 Å². The summed E-state index contributed by atoms with van der Waals surface area (Å²) in [5.41, 5.74) is -6.17. The van der Waals surface area contributed by atoms with Crippen molar-refractivity contribution in [1.29, 1.82) is 0 Å². The van der Waals surface area contributed by atoms with E-state index in [1.165, 1.54) is 0 Å². The van der Waals surface area contributed by atoms with Gasteiger partial charge < -0.3 is 0 Å². The molecule has 0 rings (SSSR count). The number of hydrogen-bond acceptors (Lipinski definition) is 0. The minimum Gasteiger partial charge on any atom is -0.206 e. The first-order chi connectivity index (χ1) is 10.8. The summed E-state index contributed by atoms with van der Waals surface area (Å²) in [6.07, 6.45) is -7.73. The maximum absolute atomic E-state index is 12.9. The van der Waals surface area contributed by atoms with Crippen LogP contribution in [-0.2, 0) is 0 Å². The topological polar surface area (TPSA) is 0 Å². The fourth-order valence-electron chi connectivity index (χ4n) is 1.24. The summed E-state index contributed by atoms with van der Waals surface area (Å²) in [5, 5.41) is 0. The van der Waals surface area contributed by atoms with Gasteiger partial charge in [-0.3, -0.25) is 0 Å². The summed E-state index contributed by atoms with van der Waals surface area (Å²) in [6, 6.07) is 0. The van der Waals surface area contributed by atoms with Crippen LogP contribution < -0.4 is 0 Å². The standard InChI is InChI=1S/C8H3F17Si.H4Si/c9-1(10,3(13,14)5(17,18)7(21,22)23)2(11,12)4(15,16)6(19,20)8(24,25)26;/h26H3;1H4. The van der Waals surface area contributed by atoms with Crippen molar-refractivity contribution >= 4 is 21.2 Å². The minimum absolute atomic E-state index is 0. The van der Waals surface area contributed by atoms with Gasteiger partial charge in [-0.05, 0) is 11.0 Å². The van der Waals surface area contributed by atoms with Gasteiger partial charge in [-0.15, -0.1) is 0 Å². The lowest BCUT2D eigenvalue weighted by Gasteiger charge is -2.42. The molecule has 0 amide bonds. The van der Waals surface area contributed by atoms with Gasteiger partial charge in [-0.2, -0.15) is 65.9 Å². The van der Waals surface area contributed by atoms with E-state index in [0.717, 1.165) is 0 Å². The lowest BCUT2D eigenvalue weighted by molar-refractivity contribution is -0.458. The molecule has 0 aliphatic carbocycles. The van der Waals surface area contributed by atoms with E-state index in [0.29, 0.717) is 0 Å². The third kappa shape index (κ3) is 3.52. The summed E-state index contributed by atoms with van der Waals surface area (Å²) >= 11 is 0. The molecule has 0 heterocycles. The lowest BCUT2D eigenvalue weighted by Crippen LogP contribution is -2.74. The molecule has 0 nitrogen and oxygen atoms in total. The van der Waals surface area contributed by atoms with Gasteiger partial charge in [0.2, 0.25) is 0 Å². The van der Waals surface area contributed by atoms with Gasteiger partial charge in [0, 0.05) is 0 Å². The van der Waals surface area contributed by atoms with Crippen molar-refractivity contribution < 1.29 is 74.6 Å². The molecule has 0 aromatic rings. The third-order valence-corrected chi connectivity index (χ3v) is 3.51. The third-order valence-electron chi connectivity index (χ3n) is 2.88. The second kappa shape index (κ2) is 6.65. The number of rotatable bonds is 6. The zero-order valence-electron chi connectivity index (χ0n) is 11.4. The van der Waals surface area contributed by atoms with Gasteiger partial charge in [-0.25, -0.2) is 8.78 Å². The summed E-state index contributed by atoms with van der Waals surface area (Å²) < 4.78 is 213. The predicted octanol–water partition coefficient (Wildman–Crippen LogP) is 2.87. The van der Waals surface area contributed by atoms with Crippen LogP contribution in [0.4, 0.5) is 74.6 Å². The van der Waals surface area contributed by atoms with E-state index in [4.69, 9.17) is 0 Å². The molecule has 0 fully saturated rings. The molecule has 0 spiro atoms. The van der Waals surface area contributed by atoms with Crippen molar-refractivity contribution in [3.63, 3.8) is 0 Å². The van der Waals surface area contributed by atoms with E-state index < -0.39 is 57.5 Å². The van der Waals surface area contributed by atoms with Crippen LogP contribution in [0.1, 0.15) is 0 Å². The van der Waals surface area contributed by atoms with Crippen molar-refractivity contribution in [2.24, 2.45) is 0 Å². The SMILES string of the molecule is FC(F)(F)C(F)(F)C(F)(F)C(F)(F)C(F)(F)C(F)(F)C(F)(F)C(F)(F)[SiH3].[SiH4]. The zero-order valence-corrected chi connectivity index (χ0v) is 13.4. The average Bonchev–Trinajstić information content (AvgIpc) is 2.34. The molecule has 19 heteroatoms. The molecule has 0 saturated heterocycles. The van der Waals surface area contributed by atoms with Crippen LogP contribution in [0.5, 0.6) is 0 Å². The second-order valence-corrected chi connectivity index (χ2v) is 6.09. The molecular weight excluding hydrogens is 475 g/mol. The largest absolute Gasteiger partial charge is 0.460 e. The lowest BCUT2D eigenvalue weighted by atomic mass is 9.91. The first kappa shape index (κ1) is 28.5. The van der Waals surface area contributed by atoms with Crippen molar-refractivity contribution in [1.82, 2.24) is 0 Å². The molecule has 0 unspecified atom stereocenters. The van der Waals surface area contributed by atoms with Crippen molar-refractivity contribution in [2.75, 3.05) is 0 Å². The molecule has 0 saturated carbocycles. The van der Waals surface area contributed by atoms with Crippen molar-refractivity contribution in [2.45, 2.75) is 47.3 Å². The van der Waals surface area contributed by atoms with Crippen molar-refractivity contribution in [3.8, 4) is 0 Å². The highest BCUT2D eigenvalue weighted by Gasteiger charge is 2.94. The Morgan fingerprint density at radius 2 is 0.519 bits per heavy atom. The number of alkyl halides is 17. The fraction of sp³-hybridized carbons (Fsp3) is 1.00. The van der Waals surface area contributed by atoms with Gasteiger partial charge >= 0.3 is 41.7 Å². The Kier molecular flexibility index (Phi) is 7.01. The van der Waals surface area contributed by atoms with Crippen LogP contribution in [0.25, 0.3) is 0 Å². The van der Waals surface area contributed by atoms with E-state index in [9.17, 15) is 74.6 Å². The molecule has 0 bridgehead atoms. The molecule has 27 heavy (non-hydrogen) atoms. The molecule has 0 atom stereocenters. The average molecular weight is 482 g/mol. The molecule has 0 aromatic carbocycles. The van der Waals surface area contributed by atoms with Gasteiger partial charge in [0.05, 0.1) is 10.2 Å². The van der Waals surface area contributed by atoms with E-state index in [1.807, 2.05) is 0 Å². The highest BCUT2D eigenvalue weighted by molar-refractivity contribution is 6.14. The maximum atomic E-state index is 12.9. The van der Waals surface area contributed by atoms with E-state index >= 15 is 0 Å². The smallest absolute Gasteiger partial charge is 0.206 e. The maximum Gasteiger partial charge on any atom is 0.460 e. The Hall–Kier alpha value is -0.756. The van der Waals surface area contributed by atoms with Crippen LogP contribution in [0.2, 0.25) is 0 Å². The molecular formula is C8H7F17Si2. The second-order valence-electron chi connectivity index (χ2n) is 4.83. The number of halogens is 17. The highest BCUT2D eigenvalue weighted by Crippen LogP contribution is 2.63. The minimum atomic E-state index is -8.54. The quantitative estimate of drug-likeness (QED) is 0.404. The van der Waals surface area contributed by atoms with E-state index in [1.54, 1.807) is 0 Å². The summed E-state index contributed by atoms with van der Waals surface area (Å²) in [4.78, 5) is 0. The van der Waals surface area contributed by atoms with Crippen LogP contribution >= 0.6 is 0 Å². The van der Waals surface area contributed by atoms with Gasteiger partial charge in [0.25, 0.3) is 5.55 Å². The normalized spacial score (nSPS) is 16.3. The number of hydrogen-bond donors (Lipinski definition) is 0. The zero-order chi connectivity index (χ0) is 22.0. The summed E-state index contributed by atoms with van der Waals surface area (Å²) in [5.74, 6) is -49.2. The molecule has 0 aliphatic heterocycles. The van der Waals surface area contributed by atoms with Crippen molar-refractivity contribution in [3.05, 3.63) is 0 Å². The van der Waals surface area contributed by atoms with Gasteiger partial charge in [0.1, 0.15) is 0 Å². The van der Waals surface area contributed by atoms with E-state index in [2.05, 4.69) is 0 Å². The fourth-order valence-corrected chi connectivity index (χ4v) is 1.56. The molecule has 166 valence electrons. The first-order valence-electron chi connectivity index (χ1n) is 5.46. The highest BCUT2D eigenvalue weighted by atomic mass is 28.1. The van der Waals surface area contributed by atoms with Crippen LogP contribution in [-0.4, -0.2) is 68.5 Å². The Morgan fingerprint density at radius 1 is 0.333 bits per heavy atom. The van der Waals surface area contributed by atoms with Gasteiger partial charge in [0.15, 0.2) is 0 Å². The Balaban J connectivity index is 0. The van der Waals surface area contributed by atoms with Gasteiger partial charge in [-0.1, -0.05) is 0 Å². The summed E-state index contributed by atoms with van der Waals surface area (Å²) in [6.45, 7) is 0. The van der Waals surface area contributed by atoms with Crippen LogP contribution in [0.3, 0.4) is 0 Å². The Morgan fingerprint density at radius 3 is 0.704 bits per heavy atom. The Labute approximate surface area is 144 Å². The molecule has 0 aromatic heterocycles. The monoisotopic (exact) mass is 482 g/mol. The van der Waals surface area contributed by atoms with Crippen LogP contribution in [0.15, 0.2) is 0 Å². The van der Waals surface area contributed by atoms with Crippen LogP contribution in [0, 0.1) is 0 Å². The Bertz CT molecular complexity index is 478. The predicted molar refractivity (Wildman–Crippen MR) is 62.0 cm³/mol. The molecule has 0 radical (unpaired) electrons. The molecule has 0 aliphatic rings.